The number of ether oxygens (including phenoxy) is 2. The number of alkyl carbamates (subject to hydrolysis) is 1. The van der Waals surface area contributed by atoms with E-state index in [1.54, 1.807) is 4.90 Å². The lowest BCUT2D eigenvalue weighted by Crippen LogP contribution is -2.42. The molecule has 0 spiro atoms. The Morgan fingerprint density at radius 2 is 1.91 bits per heavy atom. The Bertz CT molecular complexity index is 363. The van der Waals surface area contributed by atoms with E-state index in [2.05, 4.69) is 5.32 Å². The maximum Gasteiger partial charge on any atom is 0.410 e. The van der Waals surface area contributed by atoms with Crippen molar-refractivity contribution in [2.45, 2.75) is 45.6 Å². The van der Waals surface area contributed by atoms with Gasteiger partial charge in [-0.25, -0.2) is 9.59 Å². The minimum absolute atomic E-state index is 0.224. The van der Waals surface area contributed by atoms with E-state index in [-0.39, 0.29) is 12.7 Å². The molecule has 0 aromatic rings. The van der Waals surface area contributed by atoms with E-state index in [0.29, 0.717) is 31.4 Å². The van der Waals surface area contributed by atoms with Crippen LogP contribution in [0.25, 0.3) is 0 Å². The molecule has 7 heteroatoms. The summed E-state index contributed by atoms with van der Waals surface area (Å²) in [6.45, 7) is 7.82. The van der Waals surface area contributed by atoms with Gasteiger partial charge >= 0.3 is 12.2 Å². The quantitative estimate of drug-likeness (QED) is 0.785. The van der Waals surface area contributed by atoms with Gasteiger partial charge in [-0.2, -0.15) is 0 Å². The van der Waals surface area contributed by atoms with Crippen LogP contribution in [-0.4, -0.2) is 54.8 Å². The van der Waals surface area contributed by atoms with Crippen molar-refractivity contribution in [1.29, 1.82) is 0 Å². The molecule has 1 saturated heterocycles. The predicted molar refractivity (Wildman–Crippen MR) is 85.2 cm³/mol. The van der Waals surface area contributed by atoms with Gasteiger partial charge < -0.3 is 19.7 Å². The summed E-state index contributed by atoms with van der Waals surface area (Å²) in [5.41, 5.74) is -0.457. The zero-order valence-corrected chi connectivity index (χ0v) is 14.4. The van der Waals surface area contributed by atoms with Crippen LogP contribution in [0.3, 0.4) is 0 Å². The van der Waals surface area contributed by atoms with Crippen LogP contribution in [0.1, 0.15) is 40.0 Å². The van der Waals surface area contributed by atoms with Crippen LogP contribution in [0.4, 0.5) is 9.59 Å². The molecule has 1 N–H and O–H groups in total. The van der Waals surface area contributed by atoms with Gasteiger partial charge in [-0.3, -0.25) is 0 Å². The number of hydrogen-bond donors (Lipinski definition) is 1. The Morgan fingerprint density at radius 3 is 2.45 bits per heavy atom. The van der Waals surface area contributed by atoms with Crippen molar-refractivity contribution in [3.63, 3.8) is 0 Å². The molecule has 1 fully saturated rings. The monoisotopic (exact) mass is 334 g/mol. The van der Waals surface area contributed by atoms with Gasteiger partial charge in [-0.05, 0) is 46.0 Å². The maximum atomic E-state index is 11.9. The van der Waals surface area contributed by atoms with Gasteiger partial charge in [0.2, 0.25) is 0 Å². The van der Waals surface area contributed by atoms with Crippen LogP contribution in [0.2, 0.25) is 0 Å². The van der Waals surface area contributed by atoms with Crippen LogP contribution in [-0.2, 0) is 9.47 Å². The van der Waals surface area contributed by atoms with Crippen molar-refractivity contribution in [2.75, 3.05) is 32.1 Å². The molecule has 0 saturated carbocycles. The van der Waals surface area contributed by atoms with E-state index in [1.807, 2.05) is 20.8 Å². The van der Waals surface area contributed by atoms with E-state index in [0.717, 1.165) is 19.3 Å². The first-order chi connectivity index (χ1) is 10.3. The number of amides is 2. The van der Waals surface area contributed by atoms with Crippen molar-refractivity contribution < 1.29 is 19.1 Å². The van der Waals surface area contributed by atoms with Crippen LogP contribution in [0, 0.1) is 5.92 Å². The summed E-state index contributed by atoms with van der Waals surface area (Å²) in [7, 11) is 0. The minimum atomic E-state index is -0.457. The number of hydrogen-bond acceptors (Lipinski definition) is 4. The Labute approximate surface area is 137 Å². The molecule has 0 radical (unpaired) electrons. The standard InChI is InChI=1S/C15H27ClN2O4/c1-15(2,3)22-14(20)18-9-5-12(6-10-18)4-8-17-13(19)21-11-7-16/h12H,4-11H2,1-3H3,(H,17,19). The molecule has 0 aromatic heterocycles. The summed E-state index contributed by atoms with van der Waals surface area (Å²) < 4.78 is 10.2. The van der Waals surface area contributed by atoms with Gasteiger partial charge in [0.25, 0.3) is 0 Å². The van der Waals surface area contributed by atoms with Gasteiger partial charge in [0.05, 0.1) is 5.88 Å². The number of halogens is 1. The molecular formula is C15H27ClN2O4. The van der Waals surface area contributed by atoms with E-state index >= 15 is 0 Å². The summed E-state index contributed by atoms with van der Waals surface area (Å²) >= 11 is 5.43. The van der Waals surface area contributed by atoms with Crippen molar-refractivity contribution in [3.8, 4) is 0 Å². The molecule has 0 bridgehead atoms. The average Bonchev–Trinajstić information content (AvgIpc) is 2.44. The molecule has 22 heavy (non-hydrogen) atoms. The molecule has 0 aromatic carbocycles. The molecule has 0 aliphatic carbocycles. The number of likely N-dealkylation sites (tertiary alicyclic amines) is 1. The molecule has 1 rings (SSSR count). The minimum Gasteiger partial charge on any atom is -0.448 e. The third-order valence-corrected chi connectivity index (χ3v) is 3.55. The maximum absolute atomic E-state index is 11.9. The Morgan fingerprint density at radius 1 is 1.27 bits per heavy atom. The van der Waals surface area contributed by atoms with Crippen LogP contribution in [0.5, 0.6) is 0 Å². The van der Waals surface area contributed by atoms with E-state index in [4.69, 9.17) is 21.1 Å². The van der Waals surface area contributed by atoms with E-state index in [1.165, 1.54) is 0 Å². The Kier molecular flexibility index (Phi) is 7.79. The van der Waals surface area contributed by atoms with E-state index < -0.39 is 11.7 Å². The highest BCUT2D eigenvalue weighted by Gasteiger charge is 2.26. The summed E-state index contributed by atoms with van der Waals surface area (Å²) in [6, 6.07) is 0. The Balaban J connectivity index is 2.17. The van der Waals surface area contributed by atoms with Crippen molar-refractivity contribution in [2.24, 2.45) is 5.92 Å². The van der Waals surface area contributed by atoms with E-state index in [9.17, 15) is 9.59 Å². The fourth-order valence-corrected chi connectivity index (χ4v) is 2.37. The molecule has 6 nitrogen and oxygen atoms in total. The van der Waals surface area contributed by atoms with Crippen LogP contribution >= 0.6 is 11.6 Å². The second-order valence-corrected chi connectivity index (χ2v) is 6.83. The highest BCUT2D eigenvalue weighted by Crippen LogP contribution is 2.21. The molecule has 1 aliphatic heterocycles. The number of rotatable bonds is 5. The summed E-state index contributed by atoms with van der Waals surface area (Å²) in [4.78, 5) is 25.0. The topological polar surface area (TPSA) is 67.9 Å². The molecule has 0 unspecified atom stereocenters. The fourth-order valence-electron chi connectivity index (χ4n) is 2.29. The zero-order valence-electron chi connectivity index (χ0n) is 13.7. The number of piperidine rings is 1. The highest BCUT2D eigenvalue weighted by atomic mass is 35.5. The summed E-state index contributed by atoms with van der Waals surface area (Å²) in [6.07, 6.45) is 2.08. The first-order valence-electron chi connectivity index (χ1n) is 7.76. The zero-order chi connectivity index (χ0) is 16.6. The third-order valence-electron chi connectivity index (χ3n) is 3.40. The number of nitrogens with zero attached hydrogens (tertiary/aromatic N) is 1. The lowest BCUT2D eigenvalue weighted by Gasteiger charge is -2.33. The summed E-state index contributed by atoms with van der Waals surface area (Å²) in [5, 5.41) is 2.70. The van der Waals surface area contributed by atoms with Crippen molar-refractivity contribution >= 4 is 23.8 Å². The highest BCUT2D eigenvalue weighted by molar-refractivity contribution is 6.18. The van der Waals surface area contributed by atoms with Crippen LogP contribution < -0.4 is 5.32 Å². The second kappa shape index (κ2) is 9.08. The molecule has 1 heterocycles. The molecule has 128 valence electrons. The van der Waals surface area contributed by atoms with Crippen LogP contribution in [0.15, 0.2) is 0 Å². The first-order valence-corrected chi connectivity index (χ1v) is 8.30. The number of alkyl halides is 1. The summed E-state index contributed by atoms with van der Waals surface area (Å²) in [5.74, 6) is 0.809. The largest absolute Gasteiger partial charge is 0.448 e. The van der Waals surface area contributed by atoms with Crippen molar-refractivity contribution in [1.82, 2.24) is 10.2 Å². The van der Waals surface area contributed by atoms with Gasteiger partial charge in [0, 0.05) is 19.6 Å². The predicted octanol–water partition coefficient (Wildman–Crippen LogP) is 2.99. The molecular weight excluding hydrogens is 308 g/mol. The van der Waals surface area contributed by atoms with Gasteiger partial charge in [-0.15, -0.1) is 11.6 Å². The number of nitrogens with one attached hydrogen (secondary N) is 1. The first kappa shape index (κ1) is 18.9. The molecule has 1 aliphatic rings. The lowest BCUT2D eigenvalue weighted by molar-refractivity contribution is 0.0181. The van der Waals surface area contributed by atoms with Gasteiger partial charge in [-0.1, -0.05) is 0 Å². The lowest BCUT2D eigenvalue weighted by atomic mass is 9.94. The molecule has 2 amide bonds. The third kappa shape index (κ3) is 7.73. The number of carbonyl (C=O) groups excluding carboxylic acids is 2. The fraction of sp³-hybridized carbons (Fsp3) is 0.867. The number of carbonyl (C=O) groups is 2. The normalized spacial score (nSPS) is 16.3. The molecule has 0 atom stereocenters. The van der Waals surface area contributed by atoms with Crippen molar-refractivity contribution in [3.05, 3.63) is 0 Å². The SMILES string of the molecule is CC(C)(C)OC(=O)N1CCC(CCNC(=O)OCCCl)CC1. The smallest absolute Gasteiger partial charge is 0.410 e. The van der Waals surface area contributed by atoms with Gasteiger partial charge in [0.15, 0.2) is 0 Å². The second-order valence-electron chi connectivity index (χ2n) is 6.45. The Hall–Kier alpha value is -1.17. The average molecular weight is 335 g/mol. The van der Waals surface area contributed by atoms with Gasteiger partial charge in [0.1, 0.15) is 12.2 Å².